The van der Waals surface area contributed by atoms with Crippen molar-refractivity contribution in [1.29, 1.82) is 0 Å². The molecule has 0 aliphatic rings. The maximum atomic E-state index is 11.0. The van der Waals surface area contributed by atoms with E-state index >= 15 is 0 Å². The average Bonchev–Trinajstić information content (AvgIpc) is 3.00. The van der Waals surface area contributed by atoms with Gasteiger partial charge in [-0.25, -0.2) is 14.5 Å². The first-order valence-electron chi connectivity index (χ1n) is 6.49. The Bertz CT molecular complexity index is 837. The minimum atomic E-state index is -0.964. The fourth-order valence-corrected chi connectivity index (χ4v) is 3.37. The molecule has 0 spiro atoms. The lowest BCUT2D eigenvalue weighted by Gasteiger charge is -2.11. The number of carboxylic acid groups (broad SMARTS) is 1. The van der Waals surface area contributed by atoms with Gasteiger partial charge in [-0.05, 0) is 39.0 Å². The summed E-state index contributed by atoms with van der Waals surface area (Å²) >= 11 is 1.64. The van der Waals surface area contributed by atoms with Crippen LogP contribution in [0.25, 0.3) is 11.0 Å². The maximum Gasteiger partial charge on any atom is 0.335 e. The summed E-state index contributed by atoms with van der Waals surface area (Å²) in [4.78, 5) is 16.6. The Balaban J connectivity index is 2.08. The maximum absolute atomic E-state index is 11.0. The summed E-state index contributed by atoms with van der Waals surface area (Å²) in [5.41, 5.74) is 2.61. The number of aromatic carboxylic acids is 1. The number of benzene rings is 1. The Morgan fingerprint density at radius 3 is 2.76 bits per heavy atom. The van der Waals surface area contributed by atoms with Crippen LogP contribution in [0, 0.1) is 13.8 Å². The molecule has 1 aromatic carbocycles. The van der Waals surface area contributed by atoms with Crippen molar-refractivity contribution in [2.24, 2.45) is 0 Å². The van der Waals surface area contributed by atoms with Gasteiger partial charge in [0.1, 0.15) is 5.52 Å². The largest absolute Gasteiger partial charge is 0.478 e. The van der Waals surface area contributed by atoms with Gasteiger partial charge in [0.25, 0.3) is 0 Å². The monoisotopic (exact) mass is 302 g/mol. The minimum absolute atomic E-state index is 0.0110. The van der Waals surface area contributed by atoms with Crippen LogP contribution >= 0.6 is 11.3 Å². The molecule has 0 radical (unpaired) electrons. The van der Waals surface area contributed by atoms with Crippen molar-refractivity contribution in [2.75, 3.05) is 0 Å². The molecule has 1 unspecified atom stereocenters. The van der Waals surface area contributed by atoms with Gasteiger partial charge in [0.2, 0.25) is 0 Å². The molecule has 7 heteroatoms. The lowest BCUT2D eigenvalue weighted by atomic mass is 10.2. The summed E-state index contributed by atoms with van der Waals surface area (Å²) < 4.78 is 1.81. The first-order chi connectivity index (χ1) is 9.97. The number of carboxylic acids is 1. The van der Waals surface area contributed by atoms with Crippen molar-refractivity contribution in [2.45, 2.75) is 26.8 Å². The van der Waals surface area contributed by atoms with E-state index in [1.807, 2.05) is 20.8 Å². The summed E-state index contributed by atoms with van der Waals surface area (Å²) in [5.74, 6) is -0.964. The van der Waals surface area contributed by atoms with Gasteiger partial charge < -0.3 is 5.11 Å². The van der Waals surface area contributed by atoms with Crippen molar-refractivity contribution in [3.8, 4) is 0 Å². The molecule has 0 bridgehead atoms. The molecule has 108 valence electrons. The van der Waals surface area contributed by atoms with E-state index in [0.717, 1.165) is 21.1 Å². The standard InChI is InChI=1S/C14H14N4O2S/c1-7-13(21-9(3)15-7)8(2)18-12-5-4-10(14(19)20)6-11(12)16-17-18/h4-6,8H,1-3H3,(H,19,20). The molecule has 0 aliphatic carbocycles. The van der Waals surface area contributed by atoms with E-state index in [4.69, 9.17) is 5.11 Å². The van der Waals surface area contributed by atoms with E-state index in [9.17, 15) is 4.79 Å². The smallest absolute Gasteiger partial charge is 0.335 e. The van der Waals surface area contributed by atoms with Gasteiger partial charge in [-0.2, -0.15) is 0 Å². The van der Waals surface area contributed by atoms with E-state index in [0.29, 0.717) is 5.52 Å². The fraction of sp³-hybridized carbons (Fsp3) is 0.286. The molecule has 3 rings (SSSR count). The van der Waals surface area contributed by atoms with Crippen LogP contribution in [0.1, 0.15) is 38.9 Å². The van der Waals surface area contributed by atoms with Crippen LogP contribution in [0.4, 0.5) is 0 Å². The van der Waals surface area contributed by atoms with Crippen LogP contribution in [-0.4, -0.2) is 31.1 Å². The van der Waals surface area contributed by atoms with Crippen molar-refractivity contribution in [3.05, 3.63) is 39.3 Å². The van der Waals surface area contributed by atoms with Crippen molar-refractivity contribution in [3.63, 3.8) is 0 Å². The summed E-state index contributed by atoms with van der Waals surface area (Å²) in [6, 6.07) is 4.87. The van der Waals surface area contributed by atoms with Crippen LogP contribution < -0.4 is 0 Å². The highest BCUT2D eigenvalue weighted by Crippen LogP contribution is 2.29. The van der Waals surface area contributed by atoms with Gasteiger partial charge >= 0.3 is 5.97 Å². The molecular formula is C14H14N4O2S. The lowest BCUT2D eigenvalue weighted by Crippen LogP contribution is -2.08. The zero-order valence-electron chi connectivity index (χ0n) is 11.9. The molecule has 0 aliphatic heterocycles. The van der Waals surface area contributed by atoms with Crippen LogP contribution in [-0.2, 0) is 0 Å². The Kier molecular flexibility index (Phi) is 3.21. The molecule has 1 N–H and O–H groups in total. The lowest BCUT2D eigenvalue weighted by molar-refractivity contribution is 0.0697. The van der Waals surface area contributed by atoms with Crippen LogP contribution in [0.15, 0.2) is 18.2 Å². The fourth-order valence-electron chi connectivity index (χ4n) is 2.41. The van der Waals surface area contributed by atoms with Crippen molar-refractivity contribution >= 4 is 28.3 Å². The molecule has 1 atom stereocenters. The Labute approximate surface area is 125 Å². The van der Waals surface area contributed by atoms with E-state index in [1.165, 1.54) is 0 Å². The molecule has 6 nitrogen and oxygen atoms in total. The summed E-state index contributed by atoms with van der Waals surface area (Å²) in [6.45, 7) is 6.00. The topological polar surface area (TPSA) is 80.9 Å². The van der Waals surface area contributed by atoms with Gasteiger partial charge in [-0.3, -0.25) is 0 Å². The van der Waals surface area contributed by atoms with E-state index in [-0.39, 0.29) is 11.6 Å². The second-order valence-corrected chi connectivity index (χ2v) is 6.14. The van der Waals surface area contributed by atoms with E-state index in [1.54, 1.807) is 34.2 Å². The number of rotatable bonds is 3. The van der Waals surface area contributed by atoms with Crippen LogP contribution in [0.5, 0.6) is 0 Å². The minimum Gasteiger partial charge on any atom is -0.478 e. The second kappa shape index (κ2) is 4.92. The molecular weight excluding hydrogens is 288 g/mol. The quantitative estimate of drug-likeness (QED) is 0.804. The third-order valence-corrected chi connectivity index (χ3v) is 4.65. The molecule has 0 saturated heterocycles. The number of aromatic nitrogens is 4. The summed E-state index contributed by atoms with van der Waals surface area (Å²) in [5, 5.41) is 18.3. The molecule has 0 saturated carbocycles. The Morgan fingerprint density at radius 2 is 2.14 bits per heavy atom. The third kappa shape index (κ3) is 2.29. The van der Waals surface area contributed by atoms with E-state index in [2.05, 4.69) is 15.3 Å². The zero-order valence-corrected chi connectivity index (χ0v) is 12.7. The first-order valence-corrected chi connectivity index (χ1v) is 7.31. The molecule has 2 heterocycles. The van der Waals surface area contributed by atoms with Gasteiger partial charge in [0.05, 0.1) is 32.7 Å². The molecule has 0 fully saturated rings. The van der Waals surface area contributed by atoms with Gasteiger partial charge in [0, 0.05) is 0 Å². The number of hydrogen-bond acceptors (Lipinski definition) is 5. The molecule has 3 aromatic rings. The van der Waals surface area contributed by atoms with Gasteiger partial charge in [0.15, 0.2) is 0 Å². The second-order valence-electron chi connectivity index (χ2n) is 4.90. The number of thiazole rings is 1. The van der Waals surface area contributed by atoms with Crippen LogP contribution in [0.3, 0.4) is 0 Å². The summed E-state index contributed by atoms with van der Waals surface area (Å²) in [6.07, 6.45) is 0. The van der Waals surface area contributed by atoms with Gasteiger partial charge in [-0.1, -0.05) is 5.21 Å². The highest BCUT2D eigenvalue weighted by molar-refractivity contribution is 7.11. The zero-order chi connectivity index (χ0) is 15.1. The SMILES string of the molecule is Cc1nc(C)c(C(C)n2nnc3cc(C(=O)O)ccc32)s1. The van der Waals surface area contributed by atoms with Crippen LogP contribution in [0.2, 0.25) is 0 Å². The van der Waals surface area contributed by atoms with Gasteiger partial charge in [-0.15, -0.1) is 16.4 Å². The molecule has 0 amide bonds. The number of carbonyl (C=O) groups is 1. The predicted molar refractivity (Wildman–Crippen MR) is 79.9 cm³/mol. The first kappa shape index (κ1) is 13.7. The highest BCUT2D eigenvalue weighted by Gasteiger charge is 2.18. The van der Waals surface area contributed by atoms with Crippen molar-refractivity contribution in [1.82, 2.24) is 20.0 Å². The summed E-state index contributed by atoms with van der Waals surface area (Å²) in [7, 11) is 0. The Hall–Kier alpha value is -2.28. The predicted octanol–water partition coefficient (Wildman–Crippen LogP) is 2.81. The number of hydrogen-bond donors (Lipinski definition) is 1. The average molecular weight is 302 g/mol. The third-order valence-electron chi connectivity index (χ3n) is 3.40. The Morgan fingerprint density at radius 1 is 1.38 bits per heavy atom. The molecule has 2 aromatic heterocycles. The van der Waals surface area contributed by atoms with Crippen molar-refractivity contribution < 1.29 is 9.90 Å². The van der Waals surface area contributed by atoms with E-state index < -0.39 is 5.97 Å². The normalized spacial score (nSPS) is 12.7. The number of aryl methyl sites for hydroxylation is 2. The molecule has 21 heavy (non-hydrogen) atoms. The number of nitrogens with zero attached hydrogens (tertiary/aromatic N) is 4. The number of fused-ring (bicyclic) bond motifs is 1. The highest BCUT2D eigenvalue weighted by atomic mass is 32.1.